The molecule has 178 valence electrons. The maximum Gasteiger partial charge on any atom is 0.0955 e. The fraction of sp³-hybridized carbons (Fsp3) is 0.357. The van der Waals surface area contributed by atoms with Crippen molar-refractivity contribution in [3.8, 4) is 0 Å². The van der Waals surface area contributed by atoms with Gasteiger partial charge in [-0.25, -0.2) is 0 Å². The highest BCUT2D eigenvalue weighted by molar-refractivity contribution is 5.31. The van der Waals surface area contributed by atoms with Crippen LogP contribution in [0.25, 0.3) is 0 Å². The molecule has 0 amide bonds. The number of fused-ring (bicyclic) bond motifs is 1. The third-order valence-corrected chi connectivity index (χ3v) is 7.28. The summed E-state index contributed by atoms with van der Waals surface area (Å²) < 4.78 is 19.0. The Labute approximate surface area is 201 Å². The molecule has 0 spiro atoms. The monoisotopic (exact) mass is 459 g/mol. The van der Waals surface area contributed by atoms with E-state index in [4.69, 9.17) is 31.4 Å². The minimum absolute atomic E-state index is 0.161. The SMILES string of the molecule is NC1C(OCc2ccccc2)[C@H]2C(OCc3ccccc3)C(N)C2(N)C1OCc1ccccc1. The highest BCUT2D eigenvalue weighted by Gasteiger charge is 2.73. The van der Waals surface area contributed by atoms with E-state index in [2.05, 4.69) is 0 Å². The van der Waals surface area contributed by atoms with E-state index < -0.39 is 23.7 Å². The third-order valence-electron chi connectivity index (χ3n) is 7.28. The second kappa shape index (κ2) is 9.96. The van der Waals surface area contributed by atoms with Crippen LogP contribution in [0.5, 0.6) is 0 Å². The Morgan fingerprint density at radius 3 is 1.47 bits per heavy atom. The molecule has 6 nitrogen and oxygen atoms in total. The van der Waals surface area contributed by atoms with Crippen LogP contribution in [0.3, 0.4) is 0 Å². The molecule has 34 heavy (non-hydrogen) atoms. The van der Waals surface area contributed by atoms with E-state index in [9.17, 15) is 0 Å². The van der Waals surface area contributed by atoms with E-state index >= 15 is 0 Å². The van der Waals surface area contributed by atoms with Gasteiger partial charge in [0.2, 0.25) is 0 Å². The summed E-state index contributed by atoms with van der Waals surface area (Å²) in [7, 11) is 0. The summed E-state index contributed by atoms with van der Waals surface area (Å²) in [4.78, 5) is 0. The van der Waals surface area contributed by atoms with E-state index in [-0.39, 0.29) is 18.1 Å². The van der Waals surface area contributed by atoms with Crippen molar-refractivity contribution >= 4 is 0 Å². The molecule has 6 N–H and O–H groups in total. The number of hydrogen-bond acceptors (Lipinski definition) is 6. The number of nitrogens with two attached hydrogens (primary N) is 3. The van der Waals surface area contributed by atoms with Crippen molar-refractivity contribution in [3.63, 3.8) is 0 Å². The average Bonchev–Trinajstić information content (AvgIpc) is 3.07. The van der Waals surface area contributed by atoms with Gasteiger partial charge in [0.25, 0.3) is 0 Å². The lowest BCUT2D eigenvalue weighted by Crippen LogP contribution is -2.81. The van der Waals surface area contributed by atoms with Gasteiger partial charge in [-0.15, -0.1) is 0 Å². The van der Waals surface area contributed by atoms with Gasteiger partial charge in [0.15, 0.2) is 0 Å². The maximum atomic E-state index is 6.98. The Bertz CT molecular complexity index is 1050. The van der Waals surface area contributed by atoms with Crippen LogP contribution in [0.2, 0.25) is 0 Å². The van der Waals surface area contributed by atoms with Crippen LogP contribution in [-0.2, 0) is 34.0 Å². The van der Waals surface area contributed by atoms with Gasteiger partial charge in [0, 0.05) is 5.92 Å². The van der Waals surface area contributed by atoms with Crippen LogP contribution in [0.15, 0.2) is 91.0 Å². The van der Waals surface area contributed by atoms with Crippen molar-refractivity contribution in [2.24, 2.45) is 23.1 Å². The van der Waals surface area contributed by atoms with E-state index in [1.165, 1.54) is 0 Å². The van der Waals surface area contributed by atoms with Crippen molar-refractivity contribution in [1.29, 1.82) is 0 Å². The summed E-state index contributed by atoms with van der Waals surface area (Å²) in [5, 5.41) is 0. The molecule has 2 aliphatic carbocycles. The van der Waals surface area contributed by atoms with Crippen LogP contribution in [0.4, 0.5) is 0 Å². The van der Waals surface area contributed by atoms with Crippen LogP contribution in [0.1, 0.15) is 16.7 Å². The van der Waals surface area contributed by atoms with Crippen LogP contribution in [-0.4, -0.2) is 35.9 Å². The average molecular weight is 460 g/mol. The number of benzene rings is 3. The van der Waals surface area contributed by atoms with Crippen LogP contribution < -0.4 is 17.2 Å². The standard InChI is InChI=1S/C28H33N3O3/c29-23-24(32-16-19-10-4-1-5-11-19)22-25(33-17-20-12-6-2-7-13-20)26(30)28(22,31)27(23)34-18-21-14-8-3-9-15-21/h1-15,22-27H,16-18,29-31H2/t22-,23?,24?,25?,26?,27?,28?/m0/s1. The van der Waals surface area contributed by atoms with E-state index in [1.54, 1.807) is 0 Å². The summed E-state index contributed by atoms with van der Waals surface area (Å²) in [6.45, 7) is 1.32. The molecule has 6 heteroatoms. The van der Waals surface area contributed by atoms with Gasteiger partial charge in [-0.2, -0.15) is 0 Å². The Kier molecular flexibility index (Phi) is 6.79. The molecule has 0 aliphatic heterocycles. The summed E-state index contributed by atoms with van der Waals surface area (Å²) in [5.41, 5.74) is 22.8. The topological polar surface area (TPSA) is 106 Å². The molecule has 3 aromatic carbocycles. The maximum absolute atomic E-state index is 6.98. The minimum atomic E-state index is -0.823. The van der Waals surface area contributed by atoms with Gasteiger partial charge in [0.1, 0.15) is 0 Å². The molecule has 0 radical (unpaired) electrons. The molecule has 7 atom stereocenters. The summed E-state index contributed by atoms with van der Waals surface area (Å²) >= 11 is 0. The highest BCUT2D eigenvalue weighted by atomic mass is 16.5. The van der Waals surface area contributed by atoms with Gasteiger partial charge in [-0.05, 0) is 16.7 Å². The zero-order chi connectivity index (χ0) is 23.5. The lowest BCUT2D eigenvalue weighted by molar-refractivity contribution is -0.170. The van der Waals surface area contributed by atoms with Gasteiger partial charge in [0.05, 0.1) is 55.8 Å². The van der Waals surface area contributed by atoms with E-state index in [1.807, 2.05) is 91.0 Å². The molecule has 2 fully saturated rings. The lowest BCUT2D eigenvalue weighted by atomic mass is 9.61. The zero-order valence-electron chi connectivity index (χ0n) is 19.2. The summed E-state index contributed by atoms with van der Waals surface area (Å²) in [5.74, 6) is -0.161. The third kappa shape index (κ3) is 4.29. The summed E-state index contributed by atoms with van der Waals surface area (Å²) in [6.07, 6.45) is -1.03. The molecule has 0 aromatic heterocycles. The Hall–Kier alpha value is -2.58. The normalized spacial score (nSPS) is 32.2. The molecule has 0 saturated heterocycles. The Morgan fingerprint density at radius 2 is 1.00 bits per heavy atom. The first-order chi connectivity index (χ1) is 16.6. The smallest absolute Gasteiger partial charge is 0.0955 e. The second-order valence-corrected chi connectivity index (χ2v) is 9.37. The molecule has 2 aliphatic rings. The largest absolute Gasteiger partial charge is 0.371 e. The highest BCUT2D eigenvalue weighted by Crippen LogP contribution is 2.52. The molecule has 2 saturated carbocycles. The van der Waals surface area contributed by atoms with Gasteiger partial charge < -0.3 is 31.4 Å². The van der Waals surface area contributed by atoms with Crippen molar-refractivity contribution in [2.75, 3.05) is 0 Å². The zero-order valence-corrected chi connectivity index (χ0v) is 19.2. The predicted octanol–water partition coefficient (Wildman–Crippen LogP) is 2.74. The molecule has 0 heterocycles. The number of rotatable bonds is 9. The quantitative estimate of drug-likeness (QED) is 0.454. The van der Waals surface area contributed by atoms with Crippen molar-refractivity contribution in [2.45, 2.75) is 55.8 Å². The minimum Gasteiger partial charge on any atom is -0.371 e. The van der Waals surface area contributed by atoms with Gasteiger partial charge in [-0.1, -0.05) is 91.0 Å². The fourth-order valence-electron chi connectivity index (χ4n) is 5.46. The lowest BCUT2D eigenvalue weighted by Gasteiger charge is -2.56. The summed E-state index contributed by atoms with van der Waals surface area (Å²) in [6, 6.07) is 29.3. The Morgan fingerprint density at radius 1 is 0.588 bits per heavy atom. The molecule has 5 rings (SSSR count). The van der Waals surface area contributed by atoms with Gasteiger partial charge >= 0.3 is 0 Å². The Balaban J connectivity index is 1.34. The second-order valence-electron chi connectivity index (χ2n) is 9.37. The first-order valence-electron chi connectivity index (χ1n) is 11.9. The van der Waals surface area contributed by atoms with E-state index in [0.29, 0.717) is 19.8 Å². The predicted molar refractivity (Wildman–Crippen MR) is 131 cm³/mol. The van der Waals surface area contributed by atoms with Gasteiger partial charge in [-0.3, -0.25) is 0 Å². The first-order valence-corrected chi connectivity index (χ1v) is 11.9. The van der Waals surface area contributed by atoms with Crippen molar-refractivity contribution in [1.82, 2.24) is 0 Å². The molecular formula is C28H33N3O3. The van der Waals surface area contributed by atoms with Crippen molar-refractivity contribution < 1.29 is 14.2 Å². The van der Waals surface area contributed by atoms with E-state index in [0.717, 1.165) is 16.7 Å². The first kappa shape index (κ1) is 23.2. The molecular weight excluding hydrogens is 426 g/mol. The van der Waals surface area contributed by atoms with Crippen LogP contribution >= 0.6 is 0 Å². The molecule has 6 unspecified atom stereocenters. The van der Waals surface area contributed by atoms with Crippen molar-refractivity contribution in [3.05, 3.63) is 108 Å². The molecule has 0 bridgehead atoms. The van der Waals surface area contributed by atoms with Crippen LogP contribution in [0, 0.1) is 5.92 Å². The number of hydrogen-bond donors (Lipinski definition) is 3. The number of ether oxygens (including phenoxy) is 3. The molecule has 3 aromatic rings. The fourth-order valence-corrected chi connectivity index (χ4v) is 5.46.